The van der Waals surface area contributed by atoms with Crippen molar-refractivity contribution < 1.29 is 14.6 Å². The predicted molar refractivity (Wildman–Crippen MR) is 53.7 cm³/mol. The fraction of sp³-hybridized carbons (Fsp3) is 0.300. The second-order valence-electron chi connectivity index (χ2n) is 2.94. The van der Waals surface area contributed by atoms with Crippen molar-refractivity contribution in [2.24, 2.45) is 0 Å². The van der Waals surface area contributed by atoms with Crippen molar-refractivity contribution in [3.63, 3.8) is 0 Å². The van der Waals surface area contributed by atoms with E-state index in [4.69, 9.17) is 15.6 Å². The van der Waals surface area contributed by atoms with Crippen LogP contribution in [0.3, 0.4) is 0 Å². The van der Waals surface area contributed by atoms with E-state index < -0.39 is 5.97 Å². The van der Waals surface area contributed by atoms with Crippen molar-refractivity contribution in [3.8, 4) is 5.75 Å². The quantitative estimate of drug-likeness (QED) is 0.719. The molecule has 0 heterocycles. The van der Waals surface area contributed by atoms with Gasteiger partial charge in [-0.1, -0.05) is 0 Å². The van der Waals surface area contributed by atoms with E-state index in [-0.39, 0.29) is 11.3 Å². The van der Waals surface area contributed by atoms with E-state index in [1.807, 2.05) is 13.8 Å². The largest absolute Gasteiger partial charge is 0.494 e. The van der Waals surface area contributed by atoms with Gasteiger partial charge in [0.2, 0.25) is 0 Å². The van der Waals surface area contributed by atoms with Crippen LogP contribution in [0.2, 0.25) is 0 Å². The van der Waals surface area contributed by atoms with Gasteiger partial charge in [-0.15, -0.1) is 0 Å². The third-order valence-corrected chi connectivity index (χ3v) is 1.88. The van der Waals surface area contributed by atoms with Crippen LogP contribution in [0.1, 0.15) is 22.8 Å². The van der Waals surface area contributed by atoms with Gasteiger partial charge in [0.15, 0.2) is 0 Å². The lowest BCUT2D eigenvalue weighted by Crippen LogP contribution is -2.04. The van der Waals surface area contributed by atoms with Gasteiger partial charge >= 0.3 is 5.97 Å². The summed E-state index contributed by atoms with van der Waals surface area (Å²) in [6, 6.07) is 3.06. The summed E-state index contributed by atoms with van der Waals surface area (Å²) in [5.41, 5.74) is 6.74. The molecular weight excluding hydrogens is 182 g/mol. The lowest BCUT2D eigenvalue weighted by molar-refractivity contribution is 0.0697. The summed E-state index contributed by atoms with van der Waals surface area (Å²) in [4.78, 5) is 10.8. The minimum Gasteiger partial charge on any atom is -0.494 e. The molecule has 4 nitrogen and oxygen atoms in total. The molecule has 0 unspecified atom stereocenters. The number of hydrogen-bond acceptors (Lipinski definition) is 3. The Hall–Kier alpha value is -1.71. The molecule has 0 radical (unpaired) electrons. The maximum absolute atomic E-state index is 10.8. The second-order valence-corrected chi connectivity index (χ2v) is 2.94. The fourth-order valence-electron chi connectivity index (χ4n) is 1.21. The number of carboxylic acids is 1. The molecular formula is C10H13NO3. The highest BCUT2D eigenvalue weighted by molar-refractivity contribution is 5.94. The van der Waals surface area contributed by atoms with Crippen molar-refractivity contribution in [2.75, 3.05) is 12.3 Å². The van der Waals surface area contributed by atoms with Crippen molar-refractivity contribution in [1.29, 1.82) is 0 Å². The normalized spacial score (nSPS) is 9.86. The maximum Gasteiger partial charge on any atom is 0.337 e. The molecule has 0 bridgehead atoms. The monoisotopic (exact) mass is 195 g/mol. The van der Waals surface area contributed by atoms with E-state index in [2.05, 4.69) is 0 Å². The Morgan fingerprint density at radius 1 is 1.57 bits per heavy atom. The number of aryl methyl sites for hydroxylation is 1. The SMILES string of the molecule is CCOc1cc(C(=O)O)c(N)cc1C. The number of carbonyl (C=O) groups is 1. The molecule has 4 heteroatoms. The number of carboxylic acid groups (broad SMARTS) is 1. The number of nitrogens with two attached hydrogens (primary N) is 1. The number of hydrogen-bond donors (Lipinski definition) is 2. The van der Waals surface area contributed by atoms with Crippen LogP contribution >= 0.6 is 0 Å². The molecule has 0 fully saturated rings. The Labute approximate surface area is 82.3 Å². The van der Waals surface area contributed by atoms with Crippen LogP contribution < -0.4 is 10.5 Å². The van der Waals surface area contributed by atoms with Gasteiger partial charge in [0, 0.05) is 5.69 Å². The highest BCUT2D eigenvalue weighted by atomic mass is 16.5. The van der Waals surface area contributed by atoms with E-state index in [0.717, 1.165) is 5.56 Å². The first-order valence-corrected chi connectivity index (χ1v) is 4.32. The molecule has 1 aromatic carbocycles. The average Bonchev–Trinajstić information content (AvgIpc) is 2.09. The van der Waals surface area contributed by atoms with Crippen LogP contribution in [0, 0.1) is 6.92 Å². The minimum absolute atomic E-state index is 0.0825. The molecule has 1 aromatic rings. The zero-order valence-corrected chi connectivity index (χ0v) is 8.20. The van der Waals surface area contributed by atoms with Crippen LogP contribution in [-0.2, 0) is 0 Å². The number of rotatable bonds is 3. The molecule has 0 aliphatic carbocycles. The van der Waals surface area contributed by atoms with Crippen LogP contribution in [0.15, 0.2) is 12.1 Å². The van der Waals surface area contributed by atoms with Crippen molar-refractivity contribution in [3.05, 3.63) is 23.3 Å². The third kappa shape index (κ3) is 1.96. The van der Waals surface area contributed by atoms with E-state index in [9.17, 15) is 4.79 Å². The van der Waals surface area contributed by atoms with Gasteiger partial charge in [-0.05, 0) is 31.5 Å². The molecule has 0 saturated heterocycles. The number of nitrogen functional groups attached to an aromatic ring is 1. The molecule has 0 saturated carbocycles. The van der Waals surface area contributed by atoms with Gasteiger partial charge in [0.1, 0.15) is 5.75 Å². The highest BCUT2D eigenvalue weighted by Crippen LogP contribution is 2.24. The maximum atomic E-state index is 10.8. The summed E-state index contributed by atoms with van der Waals surface area (Å²) in [7, 11) is 0. The summed E-state index contributed by atoms with van der Waals surface area (Å²) >= 11 is 0. The molecule has 1 rings (SSSR count). The van der Waals surface area contributed by atoms with Crippen LogP contribution in [0.25, 0.3) is 0 Å². The molecule has 14 heavy (non-hydrogen) atoms. The average molecular weight is 195 g/mol. The van der Waals surface area contributed by atoms with Crippen molar-refractivity contribution >= 4 is 11.7 Å². The Balaban J connectivity index is 3.20. The number of aromatic carboxylic acids is 1. The molecule has 0 atom stereocenters. The highest BCUT2D eigenvalue weighted by Gasteiger charge is 2.11. The molecule has 0 aliphatic heterocycles. The summed E-state index contributed by atoms with van der Waals surface area (Å²) in [6.45, 7) is 4.17. The summed E-state index contributed by atoms with van der Waals surface area (Å²) < 4.78 is 5.26. The molecule has 0 amide bonds. The Morgan fingerprint density at radius 2 is 2.21 bits per heavy atom. The van der Waals surface area contributed by atoms with Gasteiger partial charge in [0.05, 0.1) is 12.2 Å². The smallest absolute Gasteiger partial charge is 0.337 e. The lowest BCUT2D eigenvalue weighted by Gasteiger charge is -2.09. The molecule has 0 aromatic heterocycles. The second kappa shape index (κ2) is 4.00. The zero-order valence-electron chi connectivity index (χ0n) is 8.20. The topological polar surface area (TPSA) is 72.5 Å². The first-order chi connectivity index (χ1) is 6.56. The van der Waals surface area contributed by atoms with Crippen LogP contribution in [0.4, 0.5) is 5.69 Å². The van der Waals surface area contributed by atoms with Crippen molar-refractivity contribution in [1.82, 2.24) is 0 Å². The van der Waals surface area contributed by atoms with Gasteiger partial charge in [-0.2, -0.15) is 0 Å². The van der Waals surface area contributed by atoms with E-state index in [1.165, 1.54) is 6.07 Å². The standard InChI is InChI=1S/C10H13NO3/c1-3-14-9-5-7(10(12)13)8(11)4-6(9)2/h4-5H,3,11H2,1-2H3,(H,12,13). The van der Waals surface area contributed by atoms with Gasteiger partial charge in [0.25, 0.3) is 0 Å². The molecule has 3 N–H and O–H groups in total. The Kier molecular flexibility index (Phi) is 2.96. The van der Waals surface area contributed by atoms with Crippen LogP contribution in [-0.4, -0.2) is 17.7 Å². The first kappa shape index (κ1) is 10.4. The lowest BCUT2D eigenvalue weighted by atomic mass is 10.1. The number of ether oxygens (including phenoxy) is 1. The van der Waals surface area contributed by atoms with E-state index in [1.54, 1.807) is 6.07 Å². The first-order valence-electron chi connectivity index (χ1n) is 4.32. The van der Waals surface area contributed by atoms with Gasteiger partial charge in [-0.25, -0.2) is 4.79 Å². The number of benzene rings is 1. The van der Waals surface area contributed by atoms with Gasteiger partial charge < -0.3 is 15.6 Å². The van der Waals surface area contributed by atoms with Gasteiger partial charge in [-0.3, -0.25) is 0 Å². The van der Waals surface area contributed by atoms with E-state index in [0.29, 0.717) is 12.4 Å². The molecule has 0 spiro atoms. The zero-order chi connectivity index (χ0) is 10.7. The van der Waals surface area contributed by atoms with Crippen molar-refractivity contribution in [2.45, 2.75) is 13.8 Å². The van der Waals surface area contributed by atoms with E-state index >= 15 is 0 Å². The Bertz CT molecular complexity index is 361. The summed E-state index contributed by atoms with van der Waals surface area (Å²) in [5.74, 6) is -0.470. The van der Waals surface area contributed by atoms with Crippen LogP contribution in [0.5, 0.6) is 5.75 Å². The fourth-order valence-corrected chi connectivity index (χ4v) is 1.21. The number of anilines is 1. The summed E-state index contributed by atoms with van der Waals surface area (Å²) in [5, 5.41) is 8.81. The molecule has 0 aliphatic rings. The minimum atomic E-state index is -1.04. The Morgan fingerprint density at radius 3 is 2.71 bits per heavy atom. The molecule has 76 valence electrons. The summed E-state index contributed by atoms with van der Waals surface area (Å²) in [6.07, 6.45) is 0. The predicted octanol–water partition coefficient (Wildman–Crippen LogP) is 1.67. The third-order valence-electron chi connectivity index (χ3n) is 1.88.